The van der Waals surface area contributed by atoms with Crippen molar-refractivity contribution in [2.24, 2.45) is 0 Å². The van der Waals surface area contributed by atoms with Gasteiger partial charge in [-0.15, -0.1) is 0 Å². The minimum absolute atomic E-state index is 0.0668. The fourth-order valence-electron chi connectivity index (χ4n) is 2.69. The van der Waals surface area contributed by atoms with Crippen molar-refractivity contribution in [2.45, 2.75) is 5.16 Å². The second-order valence-electron chi connectivity index (χ2n) is 6.04. The SMILES string of the molecule is N#Cc1cccc(NC(=O)CSc2nc(-c3ccccc3)nc3cc(=O)[nH]n23)c1. The molecule has 2 N–H and O–H groups in total. The quantitative estimate of drug-likeness (QED) is 0.496. The number of anilines is 1. The average Bonchev–Trinajstić information content (AvgIpc) is 3.13. The van der Waals surface area contributed by atoms with Crippen LogP contribution in [0.15, 0.2) is 70.6 Å². The molecule has 0 aliphatic heterocycles. The van der Waals surface area contributed by atoms with Gasteiger partial charge < -0.3 is 5.32 Å². The van der Waals surface area contributed by atoms with Crippen LogP contribution in [0.2, 0.25) is 0 Å². The number of aromatic amines is 1. The Morgan fingerprint density at radius 1 is 1.14 bits per heavy atom. The van der Waals surface area contributed by atoms with Crippen molar-refractivity contribution in [1.29, 1.82) is 5.26 Å². The van der Waals surface area contributed by atoms with Crippen LogP contribution in [0.1, 0.15) is 5.56 Å². The standard InChI is InChI=1S/C20H14N6O2S/c21-11-13-5-4-8-15(9-13)22-18(28)12-29-20-24-19(14-6-2-1-3-7-14)23-16-10-17(27)25-26(16)20/h1-10H,12H2,(H,22,28)(H,25,27). The van der Waals surface area contributed by atoms with Crippen LogP contribution >= 0.6 is 11.8 Å². The van der Waals surface area contributed by atoms with Gasteiger partial charge >= 0.3 is 0 Å². The number of carbonyl (C=O) groups is 1. The number of nitriles is 1. The lowest BCUT2D eigenvalue weighted by molar-refractivity contribution is -0.113. The lowest BCUT2D eigenvalue weighted by atomic mass is 10.2. The molecule has 0 saturated carbocycles. The molecule has 0 atom stereocenters. The normalized spacial score (nSPS) is 10.6. The van der Waals surface area contributed by atoms with Gasteiger partial charge in [-0.25, -0.2) is 14.5 Å². The molecule has 29 heavy (non-hydrogen) atoms. The Kier molecular flexibility index (Phi) is 5.09. The number of carbonyl (C=O) groups excluding carboxylic acids is 1. The summed E-state index contributed by atoms with van der Waals surface area (Å²) in [5.41, 5.74) is 1.94. The van der Waals surface area contributed by atoms with Gasteiger partial charge in [-0.05, 0) is 18.2 Å². The number of hydrogen-bond donors (Lipinski definition) is 2. The molecule has 0 unspecified atom stereocenters. The van der Waals surface area contributed by atoms with E-state index in [0.29, 0.717) is 27.9 Å². The number of nitrogens with zero attached hydrogens (tertiary/aromatic N) is 4. The molecule has 9 heteroatoms. The first-order chi connectivity index (χ1) is 14.1. The smallest absolute Gasteiger partial charge is 0.266 e. The van der Waals surface area contributed by atoms with Gasteiger partial charge in [-0.1, -0.05) is 48.2 Å². The summed E-state index contributed by atoms with van der Waals surface area (Å²) in [6, 6.07) is 19.5. The van der Waals surface area contributed by atoms with E-state index in [0.717, 1.165) is 5.56 Å². The Morgan fingerprint density at radius 3 is 2.76 bits per heavy atom. The van der Waals surface area contributed by atoms with Crippen LogP contribution in [0.25, 0.3) is 17.0 Å². The molecule has 0 bridgehead atoms. The second-order valence-corrected chi connectivity index (χ2v) is 6.98. The van der Waals surface area contributed by atoms with E-state index in [2.05, 4.69) is 20.4 Å². The van der Waals surface area contributed by atoms with E-state index < -0.39 is 0 Å². The highest BCUT2D eigenvalue weighted by molar-refractivity contribution is 7.99. The first-order valence-electron chi connectivity index (χ1n) is 8.60. The lowest BCUT2D eigenvalue weighted by Gasteiger charge is -2.08. The molecular weight excluding hydrogens is 388 g/mol. The Morgan fingerprint density at radius 2 is 1.97 bits per heavy atom. The van der Waals surface area contributed by atoms with Crippen molar-refractivity contribution in [3.8, 4) is 17.5 Å². The Hall–Kier alpha value is -3.90. The second kappa shape index (κ2) is 8.00. The number of fused-ring (bicyclic) bond motifs is 1. The van der Waals surface area contributed by atoms with Gasteiger partial charge in [0.25, 0.3) is 5.56 Å². The van der Waals surface area contributed by atoms with Crippen LogP contribution in [0, 0.1) is 11.3 Å². The van der Waals surface area contributed by atoms with Gasteiger partial charge in [0.05, 0.1) is 17.4 Å². The van der Waals surface area contributed by atoms with E-state index in [1.165, 1.54) is 22.3 Å². The largest absolute Gasteiger partial charge is 0.325 e. The average molecular weight is 402 g/mol. The molecule has 0 saturated heterocycles. The molecule has 2 aromatic carbocycles. The number of rotatable bonds is 5. The lowest BCUT2D eigenvalue weighted by Crippen LogP contribution is -2.15. The summed E-state index contributed by atoms with van der Waals surface area (Å²) in [4.78, 5) is 33.0. The fraction of sp³-hybridized carbons (Fsp3) is 0.0500. The molecule has 0 aliphatic rings. The molecule has 2 aromatic heterocycles. The van der Waals surface area contributed by atoms with Crippen LogP contribution in [-0.2, 0) is 4.79 Å². The van der Waals surface area contributed by atoms with Crippen molar-refractivity contribution in [3.63, 3.8) is 0 Å². The van der Waals surface area contributed by atoms with Crippen molar-refractivity contribution in [3.05, 3.63) is 76.6 Å². The summed E-state index contributed by atoms with van der Waals surface area (Å²) < 4.78 is 1.46. The van der Waals surface area contributed by atoms with Crippen molar-refractivity contribution < 1.29 is 4.79 Å². The highest BCUT2D eigenvalue weighted by Crippen LogP contribution is 2.21. The predicted octanol–water partition coefficient (Wildman–Crippen LogP) is 2.69. The third kappa shape index (κ3) is 4.17. The zero-order valence-corrected chi connectivity index (χ0v) is 15.8. The molecule has 4 rings (SSSR count). The summed E-state index contributed by atoms with van der Waals surface area (Å²) in [7, 11) is 0. The summed E-state index contributed by atoms with van der Waals surface area (Å²) in [5, 5.41) is 14.8. The van der Waals surface area contributed by atoms with Gasteiger partial charge in [0.15, 0.2) is 16.6 Å². The Labute approximate surface area is 169 Å². The van der Waals surface area contributed by atoms with E-state index in [9.17, 15) is 9.59 Å². The van der Waals surface area contributed by atoms with E-state index in [1.807, 2.05) is 36.4 Å². The number of H-pyrrole nitrogens is 1. The van der Waals surface area contributed by atoms with E-state index in [-0.39, 0.29) is 17.2 Å². The number of aromatic nitrogens is 4. The fourth-order valence-corrected chi connectivity index (χ4v) is 3.44. The van der Waals surface area contributed by atoms with Gasteiger partial charge in [0.2, 0.25) is 5.91 Å². The summed E-state index contributed by atoms with van der Waals surface area (Å²) in [5.74, 6) is 0.277. The molecule has 1 amide bonds. The Bertz CT molecular complexity index is 1290. The van der Waals surface area contributed by atoms with Crippen molar-refractivity contribution >= 4 is 29.0 Å². The molecular formula is C20H14N6O2S. The Balaban J connectivity index is 1.57. The third-order valence-electron chi connectivity index (χ3n) is 3.96. The third-order valence-corrected chi connectivity index (χ3v) is 4.90. The molecule has 2 heterocycles. The van der Waals surface area contributed by atoms with Crippen molar-refractivity contribution in [2.75, 3.05) is 11.1 Å². The van der Waals surface area contributed by atoms with Crippen LogP contribution in [-0.4, -0.2) is 31.2 Å². The highest BCUT2D eigenvalue weighted by Gasteiger charge is 2.13. The topological polar surface area (TPSA) is 116 Å². The number of benzene rings is 2. The maximum atomic E-state index is 12.3. The zero-order chi connectivity index (χ0) is 20.2. The molecule has 8 nitrogen and oxygen atoms in total. The molecule has 0 spiro atoms. The van der Waals surface area contributed by atoms with E-state index in [4.69, 9.17) is 5.26 Å². The van der Waals surface area contributed by atoms with Crippen LogP contribution in [0.4, 0.5) is 5.69 Å². The van der Waals surface area contributed by atoms with Crippen LogP contribution in [0.3, 0.4) is 0 Å². The molecule has 142 valence electrons. The minimum atomic E-state index is -0.302. The number of hydrogen-bond acceptors (Lipinski definition) is 6. The summed E-state index contributed by atoms with van der Waals surface area (Å²) >= 11 is 1.17. The van der Waals surface area contributed by atoms with Crippen LogP contribution < -0.4 is 10.9 Å². The van der Waals surface area contributed by atoms with Gasteiger partial charge in [-0.3, -0.25) is 14.7 Å². The van der Waals surface area contributed by atoms with Crippen LogP contribution in [0.5, 0.6) is 0 Å². The maximum Gasteiger partial charge on any atom is 0.266 e. The summed E-state index contributed by atoms with van der Waals surface area (Å²) in [6.45, 7) is 0. The maximum absolute atomic E-state index is 12.3. The van der Waals surface area contributed by atoms with Gasteiger partial charge in [0, 0.05) is 17.3 Å². The van der Waals surface area contributed by atoms with E-state index in [1.54, 1.807) is 24.3 Å². The van der Waals surface area contributed by atoms with Gasteiger partial charge in [-0.2, -0.15) is 5.26 Å². The minimum Gasteiger partial charge on any atom is -0.325 e. The molecule has 0 fully saturated rings. The van der Waals surface area contributed by atoms with E-state index >= 15 is 0 Å². The first kappa shape index (κ1) is 18.5. The monoisotopic (exact) mass is 402 g/mol. The number of nitrogens with one attached hydrogen (secondary N) is 2. The molecule has 0 radical (unpaired) electrons. The number of amides is 1. The summed E-state index contributed by atoms with van der Waals surface area (Å²) in [6.07, 6.45) is 0. The zero-order valence-electron chi connectivity index (χ0n) is 15.0. The van der Waals surface area contributed by atoms with Gasteiger partial charge in [0.1, 0.15) is 0 Å². The molecule has 0 aliphatic carbocycles. The molecule has 4 aromatic rings. The first-order valence-corrected chi connectivity index (χ1v) is 9.59. The number of thioether (sulfide) groups is 1. The highest BCUT2D eigenvalue weighted by atomic mass is 32.2. The predicted molar refractivity (Wildman–Crippen MR) is 110 cm³/mol. The van der Waals surface area contributed by atoms with Crippen molar-refractivity contribution in [1.82, 2.24) is 19.6 Å².